The third kappa shape index (κ3) is 3.73. The second-order valence-corrected chi connectivity index (χ2v) is 6.61. The fourth-order valence-corrected chi connectivity index (χ4v) is 2.64. The molecule has 21 heavy (non-hydrogen) atoms. The zero-order valence-corrected chi connectivity index (χ0v) is 13.7. The van der Waals surface area contributed by atoms with E-state index in [-0.39, 0.29) is 5.41 Å². The summed E-state index contributed by atoms with van der Waals surface area (Å²) in [7, 11) is 0. The highest BCUT2D eigenvalue weighted by molar-refractivity contribution is 5.81. The van der Waals surface area contributed by atoms with Crippen LogP contribution in [0.25, 0.3) is 10.9 Å². The third-order valence-corrected chi connectivity index (χ3v) is 3.85. The highest BCUT2D eigenvalue weighted by Gasteiger charge is 2.22. The lowest BCUT2D eigenvalue weighted by Gasteiger charge is -2.33. The summed E-state index contributed by atoms with van der Waals surface area (Å²) < 4.78 is 0. The van der Waals surface area contributed by atoms with E-state index >= 15 is 0 Å². The third-order valence-electron chi connectivity index (χ3n) is 3.85. The molecule has 114 valence electrons. The number of anilines is 1. The molecule has 2 rings (SSSR count). The number of hydrogen-bond acceptors (Lipinski definition) is 3. The molecule has 0 radical (unpaired) electrons. The topological polar surface area (TPSA) is 42.1 Å². The Morgan fingerprint density at radius 3 is 2.62 bits per heavy atom. The minimum absolute atomic E-state index is 0.0922. The molecule has 0 unspecified atom stereocenters. The van der Waals surface area contributed by atoms with Crippen molar-refractivity contribution in [2.24, 2.45) is 11.1 Å². The highest BCUT2D eigenvalue weighted by atomic mass is 15.2. The molecule has 1 aromatic carbocycles. The van der Waals surface area contributed by atoms with Gasteiger partial charge in [0.05, 0.1) is 5.52 Å². The molecule has 3 heteroatoms. The molecule has 0 atom stereocenters. The molecule has 1 heterocycles. The molecule has 0 fully saturated rings. The lowest BCUT2D eigenvalue weighted by Crippen LogP contribution is -2.40. The molecule has 0 saturated carbocycles. The van der Waals surface area contributed by atoms with Crippen LogP contribution in [0.1, 0.15) is 32.8 Å². The summed E-state index contributed by atoms with van der Waals surface area (Å²) in [5.74, 6) is 1.09. The van der Waals surface area contributed by atoms with E-state index in [4.69, 9.17) is 10.7 Å². The van der Waals surface area contributed by atoms with Crippen LogP contribution in [0.15, 0.2) is 30.3 Å². The lowest BCUT2D eigenvalue weighted by atomic mass is 9.93. The summed E-state index contributed by atoms with van der Waals surface area (Å²) in [4.78, 5) is 7.28. The molecule has 0 saturated heterocycles. The van der Waals surface area contributed by atoms with Crippen LogP contribution in [0.3, 0.4) is 0 Å². The average Bonchev–Trinajstić information content (AvgIpc) is 2.46. The van der Waals surface area contributed by atoms with Gasteiger partial charge in [-0.25, -0.2) is 4.98 Å². The number of nitrogens with two attached hydrogens (primary N) is 1. The maximum absolute atomic E-state index is 5.91. The van der Waals surface area contributed by atoms with Gasteiger partial charge in [0.1, 0.15) is 5.82 Å². The summed E-state index contributed by atoms with van der Waals surface area (Å²) in [6.07, 6.45) is 1.11. The van der Waals surface area contributed by atoms with Crippen molar-refractivity contribution in [2.45, 2.75) is 34.1 Å². The molecule has 0 spiro atoms. The summed E-state index contributed by atoms with van der Waals surface area (Å²) in [5.41, 5.74) is 8.29. The van der Waals surface area contributed by atoms with Crippen molar-refractivity contribution in [2.75, 3.05) is 24.5 Å². The fourth-order valence-electron chi connectivity index (χ4n) is 2.64. The summed E-state index contributed by atoms with van der Waals surface area (Å²) in [5, 5.41) is 1.20. The Morgan fingerprint density at radius 1 is 1.24 bits per heavy atom. The van der Waals surface area contributed by atoms with Crippen LogP contribution < -0.4 is 10.6 Å². The Morgan fingerprint density at radius 2 is 1.95 bits per heavy atom. The average molecular weight is 285 g/mol. The zero-order chi connectivity index (χ0) is 15.5. The van der Waals surface area contributed by atoms with E-state index in [0.29, 0.717) is 6.54 Å². The van der Waals surface area contributed by atoms with Gasteiger partial charge in [-0.2, -0.15) is 0 Å². The monoisotopic (exact) mass is 285 g/mol. The van der Waals surface area contributed by atoms with Crippen molar-refractivity contribution in [1.29, 1.82) is 0 Å². The molecule has 0 aliphatic carbocycles. The Balaban J connectivity index is 2.41. The van der Waals surface area contributed by atoms with Gasteiger partial charge >= 0.3 is 0 Å². The van der Waals surface area contributed by atoms with Crippen LogP contribution >= 0.6 is 0 Å². The van der Waals surface area contributed by atoms with Crippen LogP contribution in [0.4, 0.5) is 5.82 Å². The van der Waals surface area contributed by atoms with Gasteiger partial charge in [0, 0.05) is 18.5 Å². The predicted molar refractivity (Wildman–Crippen MR) is 91.8 cm³/mol. The first-order valence-corrected chi connectivity index (χ1v) is 7.78. The molecule has 1 aromatic heterocycles. The van der Waals surface area contributed by atoms with Gasteiger partial charge in [-0.05, 0) is 43.0 Å². The second-order valence-electron chi connectivity index (χ2n) is 6.61. The van der Waals surface area contributed by atoms with E-state index in [2.05, 4.69) is 56.9 Å². The first-order valence-electron chi connectivity index (χ1n) is 7.78. The molecule has 0 aliphatic rings. The van der Waals surface area contributed by atoms with Crippen molar-refractivity contribution in [3.8, 4) is 0 Å². The van der Waals surface area contributed by atoms with Crippen LogP contribution in [0.2, 0.25) is 0 Å². The van der Waals surface area contributed by atoms with Crippen molar-refractivity contribution in [1.82, 2.24) is 4.98 Å². The van der Waals surface area contributed by atoms with Crippen LogP contribution in [-0.2, 0) is 0 Å². The Labute approximate surface area is 128 Å². The van der Waals surface area contributed by atoms with E-state index in [1.54, 1.807) is 0 Å². The normalized spacial score (nSPS) is 11.9. The maximum atomic E-state index is 5.91. The zero-order valence-electron chi connectivity index (χ0n) is 13.7. The number of nitrogens with zero attached hydrogens (tertiary/aromatic N) is 2. The van der Waals surface area contributed by atoms with Crippen LogP contribution in [0, 0.1) is 12.3 Å². The van der Waals surface area contributed by atoms with E-state index in [9.17, 15) is 0 Å². The second kappa shape index (κ2) is 6.44. The van der Waals surface area contributed by atoms with Gasteiger partial charge in [0.15, 0.2) is 0 Å². The number of aryl methyl sites for hydroxylation is 1. The van der Waals surface area contributed by atoms with E-state index in [1.165, 1.54) is 10.9 Å². The van der Waals surface area contributed by atoms with Crippen molar-refractivity contribution in [3.05, 3.63) is 35.9 Å². The van der Waals surface area contributed by atoms with Gasteiger partial charge in [-0.3, -0.25) is 0 Å². The number of pyridine rings is 1. The van der Waals surface area contributed by atoms with Gasteiger partial charge in [0.2, 0.25) is 0 Å². The fraction of sp³-hybridized carbons (Fsp3) is 0.500. The number of benzene rings is 1. The smallest absolute Gasteiger partial charge is 0.132 e. The van der Waals surface area contributed by atoms with Gasteiger partial charge in [-0.1, -0.05) is 39.0 Å². The number of rotatable bonds is 6. The molecule has 0 bridgehead atoms. The quantitative estimate of drug-likeness (QED) is 0.879. The Kier molecular flexibility index (Phi) is 4.84. The van der Waals surface area contributed by atoms with Gasteiger partial charge in [-0.15, -0.1) is 0 Å². The Hall–Kier alpha value is -1.61. The summed E-state index contributed by atoms with van der Waals surface area (Å²) >= 11 is 0. The van der Waals surface area contributed by atoms with Crippen LogP contribution in [-0.4, -0.2) is 24.6 Å². The molecular formula is C18H27N3. The number of hydrogen-bond donors (Lipinski definition) is 1. The number of para-hydroxylation sites is 1. The highest BCUT2D eigenvalue weighted by Crippen LogP contribution is 2.26. The molecular weight excluding hydrogens is 258 g/mol. The van der Waals surface area contributed by atoms with Gasteiger partial charge in [0.25, 0.3) is 0 Å². The maximum Gasteiger partial charge on any atom is 0.132 e. The molecule has 2 N–H and O–H groups in total. The van der Waals surface area contributed by atoms with Crippen LogP contribution in [0.5, 0.6) is 0 Å². The Bertz CT molecular complexity index is 604. The van der Waals surface area contributed by atoms with E-state index in [1.807, 2.05) is 6.07 Å². The minimum atomic E-state index is 0.0922. The summed E-state index contributed by atoms with van der Waals surface area (Å²) in [6, 6.07) is 10.5. The van der Waals surface area contributed by atoms with Crippen molar-refractivity contribution >= 4 is 16.7 Å². The molecule has 0 amide bonds. The van der Waals surface area contributed by atoms with Crippen molar-refractivity contribution < 1.29 is 0 Å². The van der Waals surface area contributed by atoms with E-state index < -0.39 is 0 Å². The standard InChI is InChI=1S/C18H27N3/c1-5-10-21(13-18(3,4)12-19)17-14(2)11-15-8-6-7-9-16(15)20-17/h6-9,11H,5,10,12-13,19H2,1-4H3. The predicted octanol–water partition coefficient (Wildman–Crippen LogP) is 3.74. The molecule has 0 aliphatic heterocycles. The number of aromatic nitrogens is 1. The molecule has 2 aromatic rings. The van der Waals surface area contributed by atoms with E-state index in [0.717, 1.165) is 30.8 Å². The van der Waals surface area contributed by atoms with Crippen molar-refractivity contribution in [3.63, 3.8) is 0 Å². The lowest BCUT2D eigenvalue weighted by molar-refractivity contribution is 0.376. The SMILES string of the molecule is CCCN(CC(C)(C)CN)c1nc2ccccc2cc1C. The summed E-state index contributed by atoms with van der Waals surface area (Å²) in [6.45, 7) is 11.4. The largest absolute Gasteiger partial charge is 0.356 e. The van der Waals surface area contributed by atoms with Gasteiger partial charge < -0.3 is 10.6 Å². The first kappa shape index (κ1) is 15.8. The first-order chi connectivity index (χ1) is 9.96. The minimum Gasteiger partial charge on any atom is -0.356 e. The number of fused-ring (bicyclic) bond motifs is 1. The molecule has 3 nitrogen and oxygen atoms in total.